The van der Waals surface area contributed by atoms with E-state index < -0.39 is 10.0 Å². The van der Waals surface area contributed by atoms with E-state index in [9.17, 15) is 13.2 Å². The van der Waals surface area contributed by atoms with Gasteiger partial charge >= 0.3 is 0 Å². The van der Waals surface area contributed by atoms with Gasteiger partial charge in [-0.1, -0.05) is 13.8 Å². The zero-order chi connectivity index (χ0) is 15.1. The van der Waals surface area contributed by atoms with Crippen molar-refractivity contribution in [2.75, 3.05) is 5.75 Å². The van der Waals surface area contributed by atoms with Crippen LogP contribution in [0.5, 0.6) is 0 Å². The second-order valence-electron chi connectivity index (χ2n) is 6.46. The number of aryl methyl sites for hydroxylation is 1. The molecule has 5 nitrogen and oxygen atoms in total. The first-order chi connectivity index (χ1) is 9.09. The molecule has 2 rings (SSSR count). The van der Waals surface area contributed by atoms with Gasteiger partial charge in [0.05, 0.1) is 5.75 Å². The summed E-state index contributed by atoms with van der Waals surface area (Å²) in [6.07, 6.45) is 1.88. The third-order valence-corrected chi connectivity index (χ3v) is 4.67. The molecule has 0 saturated carbocycles. The fourth-order valence-electron chi connectivity index (χ4n) is 2.94. The maximum Gasteiger partial charge on any atom is 0.209 e. The molecule has 0 radical (unpaired) electrons. The van der Waals surface area contributed by atoms with Crippen LogP contribution in [0.25, 0.3) is 0 Å². The van der Waals surface area contributed by atoms with Crippen molar-refractivity contribution in [3.8, 4) is 0 Å². The molecule has 0 saturated heterocycles. The molecule has 0 unspecified atom stereocenters. The van der Waals surface area contributed by atoms with Gasteiger partial charge in [-0.3, -0.25) is 4.79 Å². The number of carbonyl (C=O) groups is 1. The summed E-state index contributed by atoms with van der Waals surface area (Å²) in [4.78, 5) is 12.2. The van der Waals surface area contributed by atoms with Crippen molar-refractivity contribution >= 4 is 15.8 Å². The number of ketones is 1. The third-order valence-electron chi connectivity index (χ3n) is 3.81. The van der Waals surface area contributed by atoms with Crippen LogP contribution >= 0.6 is 0 Å². The zero-order valence-corrected chi connectivity index (χ0v) is 13.1. The van der Waals surface area contributed by atoms with Crippen LogP contribution in [0.3, 0.4) is 0 Å². The first-order valence-corrected chi connectivity index (χ1v) is 8.53. The molecular formula is C14H22N2O3S. The molecule has 112 valence electrons. The molecule has 0 aliphatic heterocycles. The fourth-order valence-corrected chi connectivity index (χ4v) is 3.47. The van der Waals surface area contributed by atoms with Gasteiger partial charge in [0.25, 0.3) is 0 Å². The fraction of sp³-hybridized carbons (Fsp3) is 0.643. The number of nitrogens with two attached hydrogens (primary N) is 1. The lowest BCUT2D eigenvalue weighted by Gasteiger charge is -2.29. The van der Waals surface area contributed by atoms with E-state index in [1.807, 2.05) is 13.0 Å². The molecule has 0 bridgehead atoms. The molecule has 0 amide bonds. The predicted molar refractivity (Wildman–Crippen MR) is 78.2 cm³/mol. The van der Waals surface area contributed by atoms with Crippen molar-refractivity contribution in [3.63, 3.8) is 0 Å². The van der Waals surface area contributed by atoms with Crippen molar-refractivity contribution in [2.45, 2.75) is 46.6 Å². The molecule has 0 fully saturated rings. The lowest BCUT2D eigenvalue weighted by atomic mass is 9.76. The van der Waals surface area contributed by atoms with Gasteiger partial charge in [0, 0.05) is 29.9 Å². The Morgan fingerprint density at radius 2 is 2.00 bits per heavy atom. The van der Waals surface area contributed by atoms with Crippen molar-refractivity contribution in [2.24, 2.45) is 10.6 Å². The topological polar surface area (TPSA) is 82.2 Å². The van der Waals surface area contributed by atoms with Crippen molar-refractivity contribution in [3.05, 3.63) is 23.0 Å². The summed E-state index contributed by atoms with van der Waals surface area (Å²) >= 11 is 0. The Morgan fingerprint density at radius 3 is 2.60 bits per heavy atom. The lowest BCUT2D eigenvalue weighted by Crippen LogP contribution is -2.28. The Bertz CT molecular complexity index is 642. The number of nitrogens with zero attached hydrogens (tertiary/aromatic N) is 1. The van der Waals surface area contributed by atoms with E-state index in [2.05, 4.69) is 18.4 Å². The maximum absolute atomic E-state index is 12.2. The van der Waals surface area contributed by atoms with Gasteiger partial charge < -0.3 is 4.57 Å². The summed E-state index contributed by atoms with van der Waals surface area (Å²) in [6.45, 7) is 6.71. The molecule has 2 N–H and O–H groups in total. The van der Waals surface area contributed by atoms with Gasteiger partial charge in [-0.25, -0.2) is 13.6 Å². The van der Waals surface area contributed by atoms with Crippen LogP contribution in [0.15, 0.2) is 6.07 Å². The number of aromatic nitrogens is 1. The smallest absolute Gasteiger partial charge is 0.209 e. The molecule has 0 aromatic carbocycles. The van der Waals surface area contributed by atoms with Gasteiger partial charge in [0.15, 0.2) is 5.78 Å². The second kappa shape index (κ2) is 5.00. The molecular weight excluding hydrogens is 276 g/mol. The van der Waals surface area contributed by atoms with Crippen LogP contribution in [0, 0.1) is 12.3 Å². The Balaban J connectivity index is 2.25. The van der Waals surface area contributed by atoms with Crippen LogP contribution < -0.4 is 5.14 Å². The molecule has 0 atom stereocenters. The molecule has 6 heteroatoms. The van der Waals surface area contributed by atoms with Gasteiger partial charge in [-0.15, -0.1) is 0 Å². The number of primary sulfonamides is 1. The van der Waals surface area contributed by atoms with E-state index in [0.717, 1.165) is 23.4 Å². The summed E-state index contributed by atoms with van der Waals surface area (Å²) in [7, 11) is -3.43. The molecule has 20 heavy (non-hydrogen) atoms. The highest BCUT2D eigenvalue weighted by atomic mass is 32.2. The number of Topliss-reactive ketones (excluding diaryl/α,β-unsaturated/α-hetero) is 1. The highest BCUT2D eigenvalue weighted by molar-refractivity contribution is 7.89. The molecule has 1 aliphatic carbocycles. The largest absolute Gasteiger partial charge is 0.348 e. The standard InChI is InChI=1S/C14H22N2O3S/c1-10-7-11-12(8-14(2,3)9-13(11)17)16(10)5-4-6-20(15,18)19/h7H,4-6,8-9H2,1-3H3,(H2,15,18,19). The van der Waals surface area contributed by atoms with Crippen LogP contribution in [0.4, 0.5) is 0 Å². The minimum Gasteiger partial charge on any atom is -0.348 e. The highest BCUT2D eigenvalue weighted by Crippen LogP contribution is 2.36. The normalized spacial score (nSPS) is 18.1. The molecule has 1 aromatic rings. The average molecular weight is 298 g/mol. The number of hydrogen-bond donors (Lipinski definition) is 1. The minimum atomic E-state index is -3.43. The lowest BCUT2D eigenvalue weighted by molar-refractivity contribution is 0.0910. The van der Waals surface area contributed by atoms with Crippen molar-refractivity contribution in [1.29, 1.82) is 0 Å². The first-order valence-electron chi connectivity index (χ1n) is 6.82. The third kappa shape index (κ3) is 3.30. The molecule has 1 heterocycles. The van der Waals surface area contributed by atoms with Crippen LogP contribution in [-0.2, 0) is 23.0 Å². The SMILES string of the molecule is Cc1cc2c(n1CCCS(N)(=O)=O)CC(C)(C)CC2=O. The van der Waals surface area contributed by atoms with E-state index in [1.165, 1.54) is 0 Å². The van der Waals surface area contributed by atoms with Crippen molar-refractivity contribution in [1.82, 2.24) is 4.57 Å². The summed E-state index contributed by atoms with van der Waals surface area (Å²) < 4.78 is 24.1. The Kier molecular flexibility index (Phi) is 3.81. The van der Waals surface area contributed by atoms with E-state index in [4.69, 9.17) is 5.14 Å². The van der Waals surface area contributed by atoms with Gasteiger partial charge in [-0.2, -0.15) is 0 Å². The highest BCUT2D eigenvalue weighted by Gasteiger charge is 2.33. The number of rotatable bonds is 4. The zero-order valence-electron chi connectivity index (χ0n) is 12.3. The molecule has 1 aliphatic rings. The number of sulfonamides is 1. The van der Waals surface area contributed by atoms with E-state index in [-0.39, 0.29) is 17.0 Å². The van der Waals surface area contributed by atoms with E-state index in [0.29, 0.717) is 19.4 Å². The van der Waals surface area contributed by atoms with Crippen LogP contribution in [0.1, 0.15) is 48.4 Å². The minimum absolute atomic E-state index is 0.0310. The Labute approximate surface area is 120 Å². The first kappa shape index (κ1) is 15.3. The summed E-state index contributed by atoms with van der Waals surface area (Å²) in [6, 6.07) is 1.92. The summed E-state index contributed by atoms with van der Waals surface area (Å²) in [5.74, 6) is 0.154. The molecule has 1 aromatic heterocycles. The monoisotopic (exact) mass is 298 g/mol. The average Bonchev–Trinajstić information content (AvgIpc) is 2.54. The predicted octanol–water partition coefficient (Wildman–Crippen LogP) is 1.63. The van der Waals surface area contributed by atoms with Crippen LogP contribution in [0.2, 0.25) is 0 Å². The summed E-state index contributed by atoms with van der Waals surface area (Å²) in [5.41, 5.74) is 2.82. The van der Waals surface area contributed by atoms with E-state index >= 15 is 0 Å². The number of fused-ring (bicyclic) bond motifs is 1. The number of hydrogen-bond acceptors (Lipinski definition) is 3. The van der Waals surface area contributed by atoms with E-state index in [1.54, 1.807) is 0 Å². The van der Waals surface area contributed by atoms with Gasteiger partial charge in [-0.05, 0) is 31.2 Å². The van der Waals surface area contributed by atoms with Gasteiger partial charge in [0.1, 0.15) is 0 Å². The van der Waals surface area contributed by atoms with Gasteiger partial charge in [0.2, 0.25) is 10.0 Å². The Morgan fingerprint density at radius 1 is 1.35 bits per heavy atom. The quantitative estimate of drug-likeness (QED) is 0.917. The maximum atomic E-state index is 12.2. The Hall–Kier alpha value is -1.14. The molecule has 0 spiro atoms. The van der Waals surface area contributed by atoms with Crippen LogP contribution in [-0.4, -0.2) is 24.5 Å². The second-order valence-corrected chi connectivity index (χ2v) is 8.19. The summed E-state index contributed by atoms with van der Waals surface area (Å²) in [5, 5.41) is 5.02. The number of carbonyl (C=O) groups excluding carboxylic acids is 1. The van der Waals surface area contributed by atoms with Crippen molar-refractivity contribution < 1.29 is 13.2 Å².